The Bertz CT molecular complexity index is 370. The van der Waals surface area contributed by atoms with Gasteiger partial charge in [-0.15, -0.1) is 0 Å². The first-order valence-corrected chi connectivity index (χ1v) is 5.98. The van der Waals surface area contributed by atoms with Crippen LogP contribution in [0.15, 0.2) is 18.2 Å². The van der Waals surface area contributed by atoms with Crippen molar-refractivity contribution < 1.29 is 4.39 Å². The van der Waals surface area contributed by atoms with Gasteiger partial charge in [-0.1, -0.05) is 11.6 Å². The van der Waals surface area contributed by atoms with E-state index in [1.165, 1.54) is 6.07 Å². The summed E-state index contributed by atoms with van der Waals surface area (Å²) in [4.78, 5) is 2.06. The van der Waals surface area contributed by atoms with Crippen LogP contribution in [0.4, 0.5) is 10.1 Å². The summed E-state index contributed by atoms with van der Waals surface area (Å²) in [6.45, 7) is 4.78. The summed E-state index contributed by atoms with van der Waals surface area (Å²) >= 11 is 5.90. The van der Waals surface area contributed by atoms with Gasteiger partial charge in [-0.25, -0.2) is 4.39 Å². The first-order valence-electron chi connectivity index (χ1n) is 5.60. The molecule has 1 aliphatic rings. The van der Waals surface area contributed by atoms with Crippen molar-refractivity contribution in [2.75, 3.05) is 24.5 Å². The van der Waals surface area contributed by atoms with E-state index < -0.39 is 0 Å². The number of nitrogens with zero attached hydrogens (tertiary/aromatic N) is 1. The molecule has 0 spiro atoms. The number of halogens is 2. The fraction of sp³-hybridized carbons (Fsp3) is 0.500. The highest BCUT2D eigenvalue weighted by atomic mass is 35.5. The van der Waals surface area contributed by atoms with E-state index in [1.54, 1.807) is 12.1 Å². The van der Waals surface area contributed by atoms with Crippen molar-refractivity contribution in [3.8, 4) is 0 Å². The van der Waals surface area contributed by atoms with Crippen LogP contribution in [0, 0.1) is 5.82 Å². The molecule has 1 aliphatic heterocycles. The topological polar surface area (TPSA) is 15.3 Å². The smallest absolute Gasteiger partial charge is 0.146 e. The Hall–Kier alpha value is -0.800. The average molecular weight is 243 g/mol. The minimum absolute atomic E-state index is 0.196. The average Bonchev–Trinajstić information content (AvgIpc) is 2.46. The maximum Gasteiger partial charge on any atom is 0.146 e. The molecule has 0 radical (unpaired) electrons. The highest BCUT2D eigenvalue weighted by Crippen LogP contribution is 2.24. The zero-order valence-corrected chi connectivity index (χ0v) is 10.1. The number of nitrogens with one attached hydrogen (secondary N) is 1. The van der Waals surface area contributed by atoms with Crippen molar-refractivity contribution in [1.29, 1.82) is 0 Å². The van der Waals surface area contributed by atoms with Gasteiger partial charge in [-0.2, -0.15) is 0 Å². The Morgan fingerprint density at radius 2 is 2.31 bits per heavy atom. The third-order valence-electron chi connectivity index (χ3n) is 2.84. The quantitative estimate of drug-likeness (QED) is 0.815. The lowest BCUT2D eigenvalue weighted by molar-refractivity contribution is 0.577. The zero-order valence-electron chi connectivity index (χ0n) is 9.34. The minimum atomic E-state index is -0.196. The van der Waals surface area contributed by atoms with Crippen molar-refractivity contribution in [2.45, 2.75) is 19.4 Å². The van der Waals surface area contributed by atoms with Crippen LogP contribution >= 0.6 is 11.6 Å². The lowest BCUT2D eigenvalue weighted by Gasteiger charge is -2.25. The van der Waals surface area contributed by atoms with E-state index in [4.69, 9.17) is 11.6 Å². The van der Waals surface area contributed by atoms with Gasteiger partial charge in [0.05, 0.1) is 5.69 Å². The molecule has 1 aromatic carbocycles. The minimum Gasteiger partial charge on any atom is -0.368 e. The van der Waals surface area contributed by atoms with Gasteiger partial charge in [0, 0.05) is 24.2 Å². The van der Waals surface area contributed by atoms with E-state index in [9.17, 15) is 4.39 Å². The zero-order chi connectivity index (χ0) is 11.5. The van der Waals surface area contributed by atoms with E-state index in [1.807, 2.05) is 0 Å². The number of benzene rings is 1. The van der Waals surface area contributed by atoms with Crippen LogP contribution in [0.5, 0.6) is 0 Å². The summed E-state index contributed by atoms with van der Waals surface area (Å²) in [7, 11) is 0. The molecule has 1 N–H and O–H groups in total. The molecule has 1 heterocycles. The summed E-state index contributed by atoms with van der Waals surface area (Å²) in [5, 5.41) is 3.97. The van der Waals surface area contributed by atoms with Crippen LogP contribution in [-0.2, 0) is 0 Å². The molecule has 0 aliphatic carbocycles. The van der Waals surface area contributed by atoms with Gasteiger partial charge in [0.1, 0.15) is 5.82 Å². The maximum atomic E-state index is 13.7. The SMILES string of the molecule is CC1CN(c2cc(Cl)ccc2F)CCCN1. The van der Waals surface area contributed by atoms with Crippen LogP contribution in [0.25, 0.3) is 0 Å². The van der Waals surface area contributed by atoms with E-state index in [0.717, 1.165) is 26.1 Å². The fourth-order valence-corrected chi connectivity index (χ4v) is 2.22. The molecule has 16 heavy (non-hydrogen) atoms. The Kier molecular flexibility index (Phi) is 3.66. The van der Waals surface area contributed by atoms with Gasteiger partial charge in [0.25, 0.3) is 0 Å². The Morgan fingerprint density at radius 3 is 3.12 bits per heavy atom. The van der Waals surface area contributed by atoms with E-state index in [2.05, 4.69) is 17.1 Å². The summed E-state index contributed by atoms with van der Waals surface area (Å²) in [6, 6.07) is 5.09. The van der Waals surface area contributed by atoms with Crippen molar-refractivity contribution in [2.24, 2.45) is 0 Å². The van der Waals surface area contributed by atoms with Gasteiger partial charge in [-0.05, 0) is 38.1 Å². The van der Waals surface area contributed by atoms with Crippen molar-refractivity contribution in [1.82, 2.24) is 5.32 Å². The molecular formula is C12H16ClFN2. The van der Waals surface area contributed by atoms with E-state index in [-0.39, 0.29) is 5.82 Å². The van der Waals surface area contributed by atoms with Gasteiger partial charge in [-0.3, -0.25) is 0 Å². The van der Waals surface area contributed by atoms with E-state index >= 15 is 0 Å². The van der Waals surface area contributed by atoms with Crippen molar-refractivity contribution >= 4 is 17.3 Å². The molecule has 0 amide bonds. The summed E-state index contributed by atoms with van der Waals surface area (Å²) in [5.74, 6) is -0.196. The molecule has 1 fully saturated rings. The third kappa shape index (κ3) is 2.66. The fourth-order valence-electron chi connectivity index (χ4n) is 2.05. The molecule has 1 aromatic rings. The summed E-state index contributed by atoms with van der Waals surface area (Å²) < 4.78 is 13.7. The lowest BCUT2D eigenvalue weighted by Crippen LogP contribution is -2.35. The second-order valence-electron chi connectivity index (χ2n) is 4.25. The predicted octanol–water partition coefficient (Wildman–Crippen LogP) is 2.67. The molecule has 0 bridgehead atoms. The normalized spacial score (nSPS) is 21.9. The molecule has 88 valence electrons. The van der Waals surface area contributed by atoms with Crippen LogP contribution < -0.4 is 10.2 Å². The van der Waals surface area contributed by atoms with Crippen LogP contribution in [-0.4, -0.2) is 25.7 Å². The number of hydrogen-bond acceptors (Lipinski definition) is 2. The third-order valence-corrected chi connectivity index (χ3v) is 3.08. The van der Waals surface area contributed by atoms with Crippen LogP contribution in [0.2, 0.25) is 5.02 Å². The molecule has 4 heteroatoms. The second kappa shape index (κ2) is 5.02. The standard InChI is InChI=1S/C12H16ClFN2/c1-9-8-16(6-2-5-15-9)12-7-10(13)3-4-11(12)14/h3-4,7,9,15H,2,5-6,8H2,1H3. The maximum absolute atomic E-state index is 13.7. The highest BCUT2D eigenvalue weighted by molar-refractivity contribution is 6.30. The molecular weight excluding hydrogens is 227 g/mol. The van der Waals surface area contributed by atoms with Gasteiger partial charge in [0.15, 0.2) is 0 Å². The molecule has 1 unspecified atom stereocenters. The first kappa shape index (κ1) is 11.7. The molecule has 2 rings (SSSR count). The van der Waals surface area contributed by atoms with Crippen LogP contribution in [0.1, 0.15) is 13.3 Å². The predicted molar refractivity (Wildman–Crippen MR) is 65.7 cm³/mol. The van der Waals surface area contributed by atoms with Crippen molar-refractivity contribution in [3.05, 3.63) is 29.0 Å². The molecule has 0 aromatic heterocycles. The second-order valence-corrected chi connectivity index (χ2v) is 4.69. The van der Waals surface area contributed by atoms with Crippen LogP contribution in [0.3, 0.4) is 0 Å². The van der Waals surface area contributed by atoms with Gasteiger partial charge < -0.3 is 10.2 Å². The Balaban J connectivity index is 2.24. The Labute approximate surface area is 100 Å². The number of rotatable bonds is 1. The Morgan fingerprint density at radius 1 is 1.50 bits per heavy atom. The number of hydrogen-bond donors (Lipinski definition) is 1. The summed E-state index contributed by atoms with van der Waals surface area (Å²) in [6.07, 6.45) is 1.02. The summed E-state index contributed by atoms with van der Waals surface area (Å²) in [5.41, 5.74) is 0.614. The highest BCUT2D eigenvalue weighted by Gasteiger charge is 2.17. The molecule has 1 saturated heterocycles. The number of anilines is 1. The van der Waals surface area contributed by atoms with Gasteiger partial charge >= 0.3 is 0 Å². The largest absolute Gasteiger partial charge is 0.368 e. The van der Waals surface area contributed by atoms with Gasteiger partial charge in [0.2, 0.25) is 0 Å². The molecule has 1 atom stereocenters. The molecule has 2 nitrogen and oxygen atoms in total. The monoisotopic (exact) mass is 242 g/mol. The first-order chi connectivity index (χ1) is 7.66. The molecule has 0 saturated carbocycles. The van der Waals surface area contributed by atoms with Crippen molar-refractivity contribution in [3.63, 3.8) is 0 Å². The lowest BCUT2D eigenvalue weighted by atomic mass is 10.2. The van der Waals surface area contributed by atoms with E-state index in [0.29, 0.717) is 16.8 Å².